The smallest absolute Gasteiger partial charge is 0.231 e. The molecule has 1 aromatic carbocycles. The highest BCUT2D eigenvalue weighted by Gasteiger charge is 2.21. The molecule has 2 heterocycles. The molecular formula is C13H19ClN2O2. The Bertz CT molecular complexity index is 414. The molecule has 1 atom stereocenters. The van der Waals surface area contributed by atoms with Gasteiger partial charge in [0.1, 0.15) is 0 Å². The number of ether oxygens (including phenoxy) is 2. The fraction of sp³-hybridized carbons (Fsp3) is 0.538. The molecule has 1 saturated heterocycles. The van der Waals surface area contributed by atoms with Crippen molar-refractivity contribution >= 4 is 12.4 Å². The summed E-state index contributed by atoms with van der Waals surface area (Å²) in [6, 6.07) is 6.69. The number of piperazine rings is 1. The summed E-state index contributed by atoms with van der Waals surface area (Å²) in [5.74, 6) is 1.81. The molecule has 1 fully saturated rings. The number of fused-ring (bicyclic) bond motifs is 1. The van der Waals surface area contributed by atoms with Gasteiger partial charge in [-0.2, -0.15) is 0 Å². The predicted molar refractivity (Wildman–Crippen MR) is 72.6 cm³/mol. The van der Waals surface area contributed by atoms with Crippen LogP contribution in [-0.4, -0.2) is 37.4 Å². The molecule has 2 aliphatic heterocycles. The fourth-order valence-corrected chi connectivity index (χ4v) is 2.51. The lowest BCUT2D eigenvalue weighted by Crippen LogP contribution is -2.48. The third-order valence-corrected chi connectivity index (χ3v) is 3.32. The second-order valence-corrected chi connectivity index (χ2v) is 4.74. The van der Waals surface area contributed by atoms with Crippen LogP contribution in [0.4, 0.5) is 0 Å². The number of para-hydroxylation sites is 1. The van der Waals surface area contributed by atoms with Gasteiger partial charge in [0, 0.05) is 37.8 Å². The molecule has 18 heavy (non-hydrogen) atoms. The number of halogens is 1. The van der Waals surface area contributed by atoms with Crippen LogP contribution < -0.4 is 14.8 Å². The van der Waals surface area contributed by atoms with Crippen molar-refractivity contribution < 1.29 is 9.47 Å². The second kappa shape index (κ2) is 5.78. The van der Waals surface area contributed by atoms with Gasteiger partial charge >= 0.3 is 0 Å². The maximum Gasteiger partial charge on any atom is 0.231 e. The third-order valence-electron chi connectivity index (χ3n) is 3.32. The Balaban J connectivity index is 0.00000120. The van der Waals surface area contributed by atoms with Gasteiger partial charge in [0.25, 0.3) is 0 Å². The van der Waals surface area contributed by atoms with Gasteiger partial charge in [0.2, 0.25) is 6.79 Å². The van der Waals surface area contributed by atoms with E-state index in [-0.39, 0.29) is 12.4 Å². The van der Waals surface area contributed by atoms with E-state index in [1.807, 2.05) is 12.1 Å². The largest absolute Gasteiger partial charge is 0.454 e. The Morgan fingerprint density at radius 1 is 1.39 bits per heavy atom. The van der Waals surface area contributed by atoms with Gasteiger partial charge in [-0.05, 0) is 13.0 Å². The minimum Gasteiger partial charge on any atom is -0.454 e. The van der Waals surface area contributed by atoms with Crippen LogP contribution in [0.25, 0.3) is 0 Å². The highest BCUT2D eigenvalue weighted by molar-refractivity contribution is 5.85. The molecule has 2 aliphatic rings. The van der Waals surface area contributed by atoms with Crippen LogP contribution in [0.1, 0.15) is 12.5 Å². The number of hydrogen-bond acceptors (Lipinski definition) is 4. The third kappa shape index (κ3) is 2.71. The van der Waals surface area contributed by atoms with Crippen molar-refractivity contribution in [2.24, 2.45) is 0 Å². The molecule has 0 aliphatic carbocycles. The molecule has 4 nitrogen and oxygen atoms in total. The maximum atomic E-state index is 5.53. The molecule has 3 rings (SSSR count). The molecule has 0 amide bonds. The number of nitrogens with zero attached hydrogens (tertiary/aromatic N) is 1. The van der Waals surface area contributed by atoms with E-state index < -0.39 is 0 Å². The Morgan fingerprint density at radius 3 is 3.11 bits per heavy atom. The summed E-state index contributed by atoms with van der Waals surface area (Å²) in [6.45, 7) is 6.76. The van der Waals surface area contributed by atoms with Crippen molar-refractivity contribution in [2.45, 2.75) is 19.5 Å². The molecular weight excluding hydrogens is 252 g/mol. The monoisotopic (exact) mass is 270 g/mol. The summed E-state index contributed by atoms with van der Waals surface area (Å²) in [5, 5.41) is 3.45. The Morgan fingerprint density at radius 2 is 2.28 bits per heavy atom. The van der Waals surface area contributed by atoms with Gasteiger partial charge in [-0.15, -0.1) is 12.4 Å². The highest BCUT2D eigenvalue weighted by Crippen LogP contribution is 2.35. The predicted octanol–water partition coefficient (Wildman–Crippen LogP) is 1.63. The lowest BCUT2D eigenvalue weighted by atomic mass is 10.1. The van der Waals surface area contributed by atoms with E-state index in [0.717, 1.165) is 37.7 Å². The Hall–Kier alpha value is -0.970. The highest BCUT2D eigenvalue weighted by atomic mass is 35.5. The summed E-state index contributed by atoms with van der Waals surface area (Å²) >= 11 is 0. The molecule has 0 aromatic heterocycles. The molecule has 0 bridgehead atoms. The summed E-state index contributed by atoms with van der Waals surface area (Å²) in [4.78, 5) is 2.46. The standard InChI is InChI=1S/C13H18N2O2.ClH/c1-10-7-15(6-5-14-10)8-11-3-2-4-12-13(11)17-9-16-12;/h2-4,10,14H,5-9H2,1H3;1H/t10-;/m0./s1. The van der Waals surface area contributed by atoms with E-state index in [4.69, 9.17) is 9.47 Å². The van der Waals surface area contributed by atoms with Crippen molar-refractivity contribution in [1.82, 2.24) is 10.2 Å². The normalized spacial score (nSPS) is 22.6. The van der Waals surface area contributed by atoms with Crippen molar-refractivity contribution in [2.75, 3.05) is 26.4 Å². The van der Waals surface area contributed by atoms with Crippen LogP contribution in [0.2, 0.25) is 0 Å². The second-order valence-electron chi connectivity index (χ2n) is 4.74. The van der Waals surface area contributed by atoms with Crippen LogP contribution in [0.3, 0.4) is 0 Å². The van der Waals surface area contributed by atoms with E-state index >= 15 is 0 Å². The summed E-state index contributed by atoms with van der Waals surface area (Å²) < 4.78 is 10.9. The number of nitrogens with one attached hydrogen (secondary N) is 1. The zero-order chi connectivity index (χ0) is 11.7. The molecule has 0 saturated carbocycles. The Kier molecular flexibility index (Phi) is 4.32. The molecule has 1 aromatic rings. The van der Waals surface area contributed by atoms with Gasteiger partial charge in [-0.25, -0.2) is 0 Å². The van der Waals surface area contributed by atoms with Crippen molar-refractivity contribution in [3.8, 4) is 11.5 Å². The first-order valence-corrected chi connectivity index (χ1v) is 6.16. The first kappa shape index (κ1) is 13.5. The van der Waals surface area contributed by atoms with E-state index in [1.54, 1.807) is 0 Å². The molecule has 0 radical (unpaired) electrons. The van der Waals surface area contributed by atoms with Crippen LogP contribution in [0.15, 0.2) is 18.2 Å². The van der Waals surface area contributed by atoms with Gasteiger partial charge < -0.3 is 14.8 Å². The van der Waals surface area contributed by atoms with E-state index in [1.165, 1.54) is 5.56 Å². The zero-order valence-corrected chi connectivity index (χ0v) is 11.3. The summed E-state index contributed by atoms with van der Waals surface area (Å²) in [7, 11) is 0. The average molecular weight is 271 g/mol. The van der Waals surface area contributed by atoms with Crippen LogP contribution in [0.5, 0.6) is 11.5 Å². The average Bonchev–Trinajstić information content (AvgIpc) is 2.78. The van der Waals surface area contributed by atoms with Gasteiger partial charge in [0.05, 0.1) is 0 Å². The van der Waals surface area contributed by atoms with Gasteiger partial charge in [-0.1, -0.05) is 12.1 Å². The topological polar surface area (TPSA) is 33.7 Å². The molecule has 0 spiro atoms. The first-order chi connectivity index (χ1) is 8.33. The number of rotatable bonds is 2. The van der Waals surface area contributed by atoms with Crippen molar-refractivity contribution in [1.29, 1.82) is 0 Å². The first-order valence-electron chi connectivity index (χ1n) is 6.16. The lowest BCUT2D eigenvalue weighted by molar-refractivity contribution is 0.169. The Labute approximate surface area is 114 Å². The van der Waals surface area contributed by atoms with E-state index in [0.29, 0.717) is 12.8 Å². The maximum absolute atomic E-state index is 5.53. The van der Waals surface area contributed by atoms with Gasteiger partial charge in [0.15, 0.2) is 11.5 Å². The minimum atomic E-state index is 0. The van der Waals surface area contributed by atoms with E-state index in [9.17, 15) is 0 Å². The number of hydrogen-bond donors (Lipinski definition) is 1. The lowest BCUT2D eigenvalue weighted by Gasteiger charge is -2.31. The van der Waals surface area contributed by atoms with E-state index in [2.05, 4.69) is 23.2 Å². The van der Waals surface area contributed by atoms with Crippen LogP contribution in [-0.2, 0) is 6.54 Å². The van der Waals surface area contributed by atoms with Gasteiger partial charge in [-0.3, -0.25) is 4.90 Å². The fourth-order valence-electron chi connectivity index (χ4n) is 2.51. The van der Waals surface area contributed by atoms with Crippen molar-refractivity contribution in [3.05, 3.63) is 23.8 Å². The quantitative estimate of drug-likeness (QED) is 0.886. The van der Waals surface area contributed by atoms with Crippen LogP contribution >= 0.6 is 12.4 Å². The number of benzene rings is 1. The molecule has 1 N–H and O–H groups in total. The van der Waals surface area contributed by atoms with Crippen molar-refractivity contribution in [3.63, 3.8) is 0 Å². The SMILES string of the molecule is C[C@H]1CN(Cc2cccc3c2OCO3)CCN1.Cl. The van der Waals surface area contributed by atoms with Crippen LogP contribution in [0, 0.1) is 0 Å². The summed E-state index contributed by atoms with van der Waals surface area (Å²) in [5.41, 5.74) is 1.23. The minimum absolute atomic E-state index is 0. The molecule has 5 heteroatoms. The molecule has 100 valence electrons. The zero-order valence-electron chi connectivity index (χ0n) is 10.5. The molecule has 0 unspecified atom stereocenters. The summed E-state index contributed by atoms with van der Waals surface area (Å²) in [6.07, 6.45) is 0.